The average Bonchev–Trinajstić information content (AvgIpc) is 2.41. The van der Waals surface area contributed by atoms with E-state index in [0.29, 0.717) is 0 Å². The van der Waals surface area contributed by atoms with Crippen LogP contribution in [0, 0.1) is 13.8 Å². The first-order valence-electron chi connectivity index (χ1n) is 6.77. The lowest BCUT2D eigenvalue weighted by Gasteiger charge is -2.39. The summed E-state index contributed by atoms with van der Waals surface area (Å²) in [5.74, 6) is -0.0306. The van der Waals surface area contributed by atoms with Gasteiger partial charge in [-0.05, 0) is 43.5 Å². The highest BCUT2D eigenvalue weighted by molar-refractivity contribution is 6.03. The second-order valence-electron chi connectivity index (χ2n) is 5.57. The predicted molar refractivity (Wildman–Crippen MR) is 80.8 cm³/mol. The van der Waals surface area contributed by atoms with Crippen molar-refractivity contribution in [3.8, 4) is 0 Å². The number of benzene rings is 2. The molecule has 0 bridgehead atoms. The van der Waals surface area contributed by atoms with Crippen LogP contribution >= 0.6 is 0 Å². The summed E-state index contributed by atoms with van der Waals surface area (Å²) in [6, 6.07) is 14.0. The Morgan fingerprint density at radius 3 is 2.40 bits per heavy atom. The summed E-state index contributed by atoms with van der Waals surface area (Å²) < 4.78 is 0. The van der Waals surface area contributed by atoms with Crippen molar-refractivity contribution in [2.45, 2.75) is 26.4 Å². The Morgan fingerprint density at radius 1 is 1.00 bits per heavy atom. The van der Waals surface area contributed by atoms with Crippen LogP contribution in [0.2, 0.25) is 0 Å². The van der Waals surface area contributed by atoms with Gasteiger partial charge in [0.15, 0.2) is 0 Å². The van der Waals surface area contributed by atoms with Gasteiger partial charge in [-0.2, -0.15) is 0 Å². The number of carbonyl (C=O) groups excluding carboxylic acids is 1. The summed E-state index contributed by atoms with van der Waals surface area (Å²) in [5, 5.41) is 6.55. The number of amides is 1. The summed E-state index contributed by atoms with van der Waals surface area (Å²) in [6.45, 7) is 6.02. The molecule has 1 aliphatic heterocycles. The predicted octanol–water partition coefficient (Wildman–Crippen LogP) is 3.33. The summed E-state index contributed by atoms with van der Waals surface area (Å²) in [4.78, 5) is 12.4. The molecular formula is C17H18N2O. The second kappa shape index (κ2) is 4.37. The molecule has 2 aromatic carbocycles. The number of aryl methyl sites for hydroxylation is 2. The van der Waals surface area contributed by atoms with E-state index in [1.807, 2.05) is 57.2 Å². The largest absolute Gasteiger partial charge is 0.358 e. The lowest BCUT2D eigenvalue weighted by molar-refractivity contribution is 0.0906. The highest BCUT2D eigenvalue weighted by Crippen LogP contribution is 2.33. The van der Waals surface area contributed by atoms with E-state index in [1.165, 1.54) is 0 Å². The van der Waals surface area contributed by atoms with Crippen LogP contribution in [0.15, 0.2) is 42.5 Å². The Hall–Kier alpha value is -2.29. The van der Waals surface area contributed by atoms with Crippen molar-refractivity contribution >= 4 is 11.6 Å². The highest BCUT2D eigenvalue weighted by atomic mass is 16.2. The third kappa shape index (κ3) is 1.95. The Labute approximate surface area is 119 Å². The van der Waals surface area contributed by atoms with Crippen molar-refractivity contribution in [3.63, 3.8) is 0 Å². The van der Waals surface area contributed by atoms with Crippen LogP contribution in [0.3, 0.4) is 0 Å². The average molecular weight is 266 g/mol. The molecule has 102 valence electrons. The highest BCUT2D eigenvalue weighted by Gasteiger charge is 2.35. The number of hydrogen-bond donors (Lipinski definition) is 2. The van der Waals surface area contributed by atoms with E-state index >= 15 is 0 Å². The number of rotatable bonds is 1. The van der Waals surface area contributed by atoms with Gasteiger partial charge in [0.1, 0.15) is 5.66 Å². The molecule has 0 spiro atoms. The Balaban J connectivity index is 2.11. The standard InChI is InChI=1S/C17H18N2O/c1-11-9-12(2)15-14(10-11)16(20)19-17(3,18-15)13-7-5-4-6-8-13/h4-10,18H,1-3H3,(H,19,20). The van der Waals surface area contributed by atoms with Crippen molar-refractivity contribution in [1.29, 1.82) is 0 Å². The van der Waals surface area contributed by atoms with Crippen molar-refractivity contribution in [3.05, 3.63) is 64.7 Å². The second-order valence-corrected chi connectivity index (χ2v) is 5.57. The van der Waals surface area contributed by atoms with Gasteiger partial charge in [-0.15, -0.1) is 0 Å². The molecule has 2 aromatic rings. The van der Waals surface area contributed by atoms with Crippen LogP contribution < -0.4 is 10.6 Å². The number of anilines is 1. The van der Waals surface area contributed by atoms with Crippen LogP contribution in [0.4, 0.5) is 5.69 Å². The maximum absolute atomic E-state index is 12.4. The molecule has 0 fully saturated rings. The van der Waals surface area contributed by atoms with Gasteiger partial charge in [0.25, 0.3) is 5.91 Å². The minimum atomic E-state index is -0.578. The van der Waals surface area contributed by atoms with Crippen molar-refractivity contribution in [2.75, 3.05) is 5.32 Å². The van der Waals surface area contributed by atoms with E-state index in [9.17, 15) is 4.79 Å². The first-order valence-corrected chi connectivity index (χ1v) is 6.77. The van der Waals surface area contributed by atoms with E-state index < -0.39 is 5.66 Å². The zero-order chi connectivity index (χ0) is 14.3. The molecule has 1 unspecified atom stereocenters. The van der Waals surface area contributed by atoms with E-state index in [0.717, 1.165) is 27.9 Å². The fraction of sp³-hybridized carbons (Fsp3) is 0.235. The summed E-state index contributed by atoms with van der Waals surface area (Å²) in [7, 11) is 0. The molecule has 3 rings (SSSR count). The zero-order valence-electron chi connectivity index (χ0n) is 11.9. The van der Waals surface area contributed by atoms with Crippen LogP contribution in [-0.2, 0) is 5.66 Å². The lowest BCUT2D eigenvalue weighted by Crippen LogP contribution is -2.53. The molecule has 0 saturated carbocycles. The molecule has 1 amide bonds. The van der Waals surface area contributed by atoms with Gasteiger partial charge < -0.3 is 10.6 Å². The Kier molecular flexibility index (Phi) is 2.78. The third-order valence-electron chi connectivity index (χ3n) is 3.81. The smallest absolute Gasteiger partial charge is 0.255 e. The van der Waals surface area contributed by atoms with Gasteiger partial charge in [-0.25, -0.2) is 0 Å². The fourth-order valence-corrected chi connectivity index (χ4v) is 2.80. The van der Waals surface area contributed by atoms with Gasteiger partial charge >= 0.3 is 0 Å². The molecule has 3 heteroatoms. The number of nitrogens with one attached hydrogen (secondary N) is 2. The minimum Gasteiger partial charge on any atom is -0.358 e. The van der Waals surface area contributed by atoms with Crippen molar-refractivity contribution in [1.82, 2.24) is 5.32 Å². The number of fused-ring (bicyclic) bond motifs is 1. The van der Waals surface area contributed by atoms with Crippen molar-refractivity contribution < 1.29 is 4.79 Å². The summed E-state index contributed by atoms with van der Waals surface area (Å²) in [5.41, 5.74) is 4.30. The lowest BCUT2D eigenvalue weighted by atomic mass is 9.93. The number of hydrogen-bond acceptors (Lipinski definition) is 2. The van der Waals surface area contributed by atoms with E-state index in [4.69, 9.17) is 0 Å². The van der Waals surface area contributed by atoms with E-state index in [1.54, 1.807) is 0 Å². The molecule has 0 saturated heterocycles. The molecule has 0 radical (unpaired) electrons. The van der Waals surface area contributed by atoms with Gasteiger partial charge in [0.2, 0.25) is 0 Å². The maximum atomic E-state index is 12.4. The van der Waals surface area contributed by atoms with Crippen molar-refractivity contribution in [2.24, 2.45) is 0 Å². The first-order chi connectivity index (χ1) is 9.49. The van der Waals surface area contributed by atoms with Gasteiger partial charge in [0, 0.05) is 0 Å². The van der Waals surface area contributed by atoms with Crippen LogP contribution in [-0.4, -0.2) is 5.91 Å². The zero-order valence-corrected chi connectivity index (χ0v) is 11.9. The topological polar surface area (TPSA) is 41.1 Å². The molecule has 3 nitrogen and oxygen atoms in total. The molecular weight excluding hydrogens is 248 g/mol. The monoisotopic (exact) mass is 266 g/mol. The normalized spacial score (nSPS) is 20.9. The van der Waals surface area contributed by atoms with Crippen LogP contribution in [0.5, 0.6) is 0 Å². The first kappa shape index (κ1) is 12.7. The molecule has 0 aromatic heterocycles. The molecule has 1 aliphatic rings. The Morgan fingerprint density at radius 2 is 1.70 bits per heavy atom. The number of carbonyl (C=O) groups is 1. The fourth-order valence-electron chi connectivity index (χ4n) is 2.80. The van der Waals surface area contributed by atoms with Gasteiger partial charge in [-0.1, -0.05) is 36.4 Å². The van der Waals surface area contributed by atoms with Gasteiger partial charge in [-0.3, -0.25) is 4.79 Å². The SMILES string of the molecule is Cc1cc(C)c2c(c1)C(=O)NC(C)(c1ccccc1)N2. The molecule has 1 heterocycles. The molecule has 1 atom stereocenters. The molecule has 0 aliphatic carbocycles. The van der Waals surface area contributed by atoms with E-state index in [2.05, 4.69) is 16.7 Å². The van der Waals surface area contributed by atoms with E-state index in [-0.39, 0.29) is 5.91 Å². The third-order valence-corrected chi connectivity index (χ3v) is 3.81. The summed E-state index contributed by atoms with van der Waals surface area (Å²) >= 11 is 0. The summed E-state index contributed by atoms with van der Waals surface area (Å²) in [6.07, 6.45) is 0. The molecule has 20 heavy (non-hydrogen) atoms. The quantitative estimate of drug-likeness (QED) is 0.831. The maximum Gasteiger partial charge on any atom is 0.255 e. The van der Waals surface area contributed by atoms with Crippen LogP contribution in [0.25, 0.3) is 0 Å². The Bertz CT molecular complexity index is 679. The minimum absolute atomic E-state index is 0.0306. The molecule has 2 N–H and O–H groups in total. The van der Waals surface area contributed by atoms with Gasteiger partial charge in [0.05, 0.1) is 11.3 Å². The van der Waals surface area contributed by atoms with Crippen LogP contribution in [0.1, 0.15) is 34.0 Å².